The molecule has 0 aliphatic heterocycles. The van der Waals surface area contributed by atoms with E-state index in [9.17, 15) is 24.5 Å². The standard InChI is InChI=1S/C37H76NO7P/c1-4-7-9-11-13-15-17-19-21-23-25-27-29-31-36(40)38-34(33-45-46(42,43)44-32-6-3)37(41)35(39)30-28-26-24-22-20-18-16-14-12-10-8-5-2/h34-35,37,39,41H,4-33H2,1-3H3,(H,38,40)(H,42,43)/t34-,35?,37-/m0/s1. The van der Waals surface area contributed by atoms with E-state index in [0.29, 0.717) is 19.3 Å². The van der Waals surface area contributed by atoms with Gasteiger partial charge in [0.1, 0.15) is 6.10 Å². The van der Waals surface area contributed by atoms with Crippen LogP contribution in [0.1, 0.15) is 201 Å². The van der Waals surface area contributed by atoms with Crippen molar-refractivity contribution in [3.63, 3.8) is 0 Å². The van der Waals surface area contributed by atoms with Gasteiger partial charge in [0.25, 0.3) is 0 Å². The topological polar surface area (TPSA) is 125 Å². The number of carbonyl (C=O) groups excluding carboxylic acids is 1. The highest BCUT2D eigenvalue weighted by molar-refractivity contribution is 7.47. The molecule has 0 aliphatic rings. The van der Waals surface area contributed by atoms with Crippen LogP contribution >= 0.6 is 7.82 Å². The molecule has 0 saturated carbocycles. The summed E-state index contributed by atoms with van der Waals surface area (Å²) in [4.78, 5) is 22.7. The second-order valence-corrected chi connectivity index (χ2v) is 15.0. The smallest absolute Gasteiger partial charge is 0.390 e. The van der Waals surface area contributed by atoms with Crippen molar-refractivity contribution in [3.05, 3.63) is 0 Å². The number of hydrogen-bond acceptors (Lipinski definition) is 6. The molecular weight excluding hydrogens is 601 g/mol. The van der Waals surface area contributed by atoms with Crippen LogP contribution < -0.4 is 5.32 Å². The van der Waals surface area contributed by atoms with Gasteiger partial charge >= 0.3 is 7.82 Å². The summed E-state index contributed by atoms with van der Waals surface area (Å²) in [5, 5.41) is 24.4. The Morgan fingerprint density at radius 3 is 1.39 bits per heavy atom. The van der Waals surface area contributed by atoms with E-state index in [0.717, 1.165) is 38.5 Å². The predicted molar refractivity (Wildman–Crippen MR) is 192 cm³/mol. The highest BCUT2D eigenvalue weighted by Gasteiger charge is 2.31. The van der Waals surface area contributed by atoms with Gasteiger partial charge in [-0.3, -0.25) is 13.8 Å². The summed E-state index contributed by atoms with van der Waals surface area (Å²) >= 11 is 0. The summed E-state index contributed by atoms with van der Waals surface area (Å²) in [6.45, 7) is 5.95. The molecule has 0 radical (unpaired) electrons. The van der Waals surface area contributed by atoms with Crippen LogP contribution in [0.2, 0.25) is 0 Å². The van der Waals surface area contributed by atoms with Gasteiger partial charge in [-0.25, -0.2) is 4.57 Å². The number of rotatable bonds is 36. The first-order valence-electron chi connectivity index (χ1n) is 19.5. The third-order valence-electron chi connectivity index (χ3n) is 8.89. The van der Waals surface area contributed by atoms with E-state index in [1.807, 2.05) is 6.92 Å². The maximum absolute atomic E-state index is 12.7. The van der Waals surface area contributed by atoms with Crippen LogP contribution in [-0.4, -0.2) is 52.5 Å². The van der Waals surface area contributed by atoms with E-state index in [2.05, 4.69) is 19.2 Å². The lowest BCUT2D eigenvalue weighted by atomic mass is 9.99. The number of phosphoric ester groups is 1. The van der Waals surface area contributed by atoms with Gasteiger partial charge in [0.15, 0.2) is 0 Å². The molecule has 9 heteroatoms. The fraction of sp³-hybridized carbons (Fsp3) is 0.973. The molecule has 0 aromatic carbocycles. The Morgan fingerprint density at radius 1 is 0.587 bits per heavy atom. The molecule has 4 N–H and O–H groups in total. The molecule has 0 aliphatic carbocycles. The fourth-order valence-corrected chi connectivity index (χ4v) is 6.70. The zero-order valence-corrected chi connectivity index (χ0v) is 31.3. The molecule has 46 heavy (non-hydrogen) atoms. The molecule has 0 heterocycles. The Balaban J connectivity index is 4.37. The van der Waals surface area contributed by atoms with Crippen molar-refractivity contribution >= 4 is 13.7 Å². The first-order chi connectivity index (χ1) is 22.3. The molecule has 0 saturated heterocycles. The van der Waals surface area contributed by atoms with Crippen molar-refractivity contribution in [3.8, 4) is 0 Å². The van der Waals surface area contributed by atoms with E-state index >= 15 is 0 Å². The molecule has 276 valence electrons. The van der Waals surface area contributed by atoms with Crippen molar-refractivity contribution in [2.75, 3.05) is 13.2 Å². The minimum atomic E-state index is -4.32. The van der Waals surface area contributed by atoms with Crippen molar-refractivity contribution in [2.24, 2.45) is 0 Å². The van der Waals surface area contributed by atoms with Crippen molar-refractivity contribution in [2.45, 2.75) is 219 Å². The van der Waals surface area contributed by atoms with Crippen LogP contribution in [0, 0.1) is 0 Å². The van der Waals surface area contributed by atoms with Crippen molar-refractivity contribution in [1.82, 2.24) is 5.32 Å². The fourth-order valence-electron chi connectivity index (χ4n) is 5.86. The molecule has 2 unspecified atom stereocenters. The lowest BCUT2D eigenvalue weighted by Crippen LogP contribution is -2.51. The summed E-state index contributed by atoms with van der Waals surface area (Å²) < 4.78 is 22.2. The predicted octanol–water partition coefficient (Wildman–Crippen LogP) is 10.3. The van der Waals surface area contributed by atoms with Gasteiger partial charge in [0, 0.05) is 6.42 Å². The van der Waals surface area contributed by atoms with E-state index in [4.69, 9.17) is 9.05 Å². The van der Waals surface area contributed by atoms with Gasteiger partial charge in [0.05, 0.1) is 25.4 Å². The molecule has 0 bridgehead atoms. The number of carbonyl (C=O) groups is 1. The first kappa shape index (κ1) is 45.5. The van der Waals surface area contributed by atoms with Gasteiger partial charge < -0.3 is 20.4 Å². The average Bonchev–Trinajstić information content (AvgIpc) is 3.04. The average molecular weight is 678 g/mol. The number of nitrogens with one attached hydrogen (secondary N) is 1. The zero-order valence-electron chi connectivity index (χ0n) is 30.4. The van der Waals surface area contributed by atoms with E-state index in [1.165, 1.54) is 122 Å². The summed E-state index contributed by atoms with van der Waals surface area (Å²) in [5.41, 5.74) is 0. The summed E-state index contributed by atoms with van der Waals surface area (Å²) in [7, 11) is -4.32. The SMILES string of the molecule is CCCCCCCCCCCCCCCC(=O)N[C@@H](COP(=O)(O)OCCC)[C@H](O)C(O)CCCCCCCCCCCCCC. The van der Waals surface area contributed by atoms with Crippen LogP contribution in [0.5, 0.6) is 0 Å². The number of aliphatic hydroxyl groups excluding tert-OH is 2. The largest absolute Gasteiger partial charge is 0.472 e. The Kier molecular flexibility index (Phi) is 32.7. The normalized spacial score (nSPS) is 15.0. The maximum Gasteiger partial charge on any atom is 0.472 e. The van der Waals surface area contributed by atoms with Crippen LogP contribution in [0.25, 0.3) is 0 Å². The maximum atomic E-state index is 12.7. The molecule has 0 fully saturated rings. The molecule has 8 nitrogen and oxygen atoms in total. The Morgan fingerprint density at radius 2 is 0.978 bits per heavy atom. The van der Waals surface area contributed by atoms with Crippen molar-refractivity contribution in [1.29, 1.82) is 0 Å². The van der Waals surface area contributed by atoms with Gasteiger partial charge in [-0.15, -0.1) is 0 Å². The van der Waals surface area contributed by atoms with Crippen LogP contribution in [0.4, 0.5) is 0 Å². The van der Waals surface area contributed by atoms with Gasteiger partial charge in [-0.1, -0.05) is 175 Å². The molecular formula is C37H76NO7P. The number of amides is 1. The summed E-state index contributed by atoms with van der Waals surface area (Å²) in [6.07, 6.45) is 29.3. The lowest BCUT2D eigenvalue weighted by molar-refractivity contribution is -0.124. The zero-order chi connectivity index (χ0) is 34.1. The first-order valence-corrected chi connectivity index (χ1v) is 21.0. The highest BCUT2D eigenvalue weighted by atomic mass is 31.2. The molecule has 4 atom stereocenters. The summed E-state index contributed by atoms with van der Waals surface area (Å²) in [5.74, 6) is -0.254. The van der Waals surface area contributed by atoms with E-state index < -0.39 is 32.7 Å². The molecule has 0 spiro atoms. The Labute approximate surface area is 284 Å². The minimum Gasteiger partial charge on any atom is -0.390 e. The molecule has 1 amide bonds. The van der Waals surface area contributed by atoms with Gasteiger partial charge in [-0.05, 0) is 19.3 Å². The van der Waals surface area contributed by atoms with Crippen LogP contribution in [0.15, 0.2) is 0 Å². The quantitative estimate of drug-likeness (QED) is 0.0384. The number of hydrogen-bond donors (Lipinski definition) is 4. The third kappa shape index (κ3) is 29.6. The van der Waals surface area contributed by atoms with E-state index in [-0.39, 0.29) is 12.5 Å². The monoisotopic (exact) mass is 678 g/mol. The minimum absolute atomic E-state index is 0.0635. The Hall–Kier alpha value is -0.500. The van der Waals surface area contributed by atoms with Crippen LogP contribution in [0.3, 0.4) is 0 Å². The molecule has 0 aromatic heterocycles. The highest BCUT2D eigenvalue weighted by Crippen LogP contribution is 2.43. The number of phosphoric acid groups is 1. The van der Waals surface area contributed by atoms with Gasteiger partial charge in [0.2, 0.25) is 5.91 Å². The number of unbranched alkanes of at least 4 members (excludes halogenated alkanes) is 23. The lowest BCUT2D eigenvalue weighted by Gasteiger charge is -2.28. The molecule has 0 rings (SSSR count). The molecule has 0 aromatic rings. The van der Waals surface area contributed by atoms with Gasteiger partial charge in [-0.2, -0.15) is 0 Å². The number of aliphatic hydroxyl groups is 2. The summed E-state index contributed by atoms with van der Waals surface area (Å²) in [6, 6.07) is -1.01. The third-order valence-corrected chi connectivity index (χ3v) is 9.87. The van der Waals surface area contributed by atoms with Crippen LogP contribution in [-0.2, 0) is 18.4 Å². The Bertz CT molecular complexity index is 711. The second-order valence-electron chi connectivity index (χ2n) is 13.5. The second kappa shape index (κ2) is 33.0. The van der Waals surface area contributed by atoms with Crippen molar-refractivity contribution < 1.29 is 33.5 Å². The van der Waals surface area contributed by atoms with E-state index in [1.54, 1.807) is 0 Å².